The van der Waals surface area contributed by atoms with E-state index in [-0.39, 0.29) is 11.3 Å². The number of hydrogen-bond donors (Lipinski definition) is 0. The minimum absolute atomic E-state index is 0.0928. The summed E-state index contributed by atoms with van der Waals surface area (Å²) in [6.45, 7) is 1.68. The molecule has 3 heteroatoms. The summed E-state index contributed by atoms with van der Waals surface area (Å²) in [4.78, 5) is 12.9. The van der Waals surface area contributed by atoms with E-state index in [0.29, 0.717) is 12.2 Å². The number of Topliss-reactive ketones (excluding diaryl/α,β-unsaturated/α-hetero) is 1. The molecule has 0 N–H and O–H groups in total. The minimum atomic E-state index is -0.510. The van der Waals surface area contributed by atoms with Crippen LogP contribution in [0.4, 0.5) is 10.1 Å². The second-order valence-electron chi connectivity index (χ2n) is 3.25. The van der Waals surface area contributed by atoms with E-state index in [2.05, 4.69) is 5.92 Å². The molecule has 0 unspecified atom stereocenters. The van der Waals surface area contributed by atoms with Crippen molar-refractivity contribution in [2.75, 3.05) is 18.5 Å². The second kappa shape index (κ2) is 4.61. The van der Waals surface area contributed by atoms with Crippen LogP contribution >= 0.6 is 0 Å². The van der Waals surface area contributed by atoms with Crippen molar-refractivity contribution in [2.45, 2.75) is 6.92 Å². The van der Waals surface area contributed by atoms with E-state index in [9.17, 15) is 9.18 Å². The Bertz CT molecular complexity index is 420. The van der Waals surface area contributed by atoms with Gasteiger partial charge in [-0.2, -0.15) is 0 Å². The molecule has 2 nitrogen and oxygen atoms in total. The average molecular weight is 205 g/mol. The maximum absolute atomic E-state index is 13.4. The fraction of sp³-hybridized carbons (Fsp3) is 0.250. The normalized spacial score (nSPS) is 9.47. The number of ketones is 1. The monoisotopic (exact) mass is 205 g/mol. The first-order chi connectivity index (χ1) is 7.07. The Morgan fingerprint density at radius 2 is 2.27 bits per heavy atom. The average Bonchev–Trinajstić information content (AvgIpc) is 2.17. The first-order valence-corrected chi connectivity index (χ1v) is 4.52. The zero-order valence-corrected chi connectivity index (χ0v) is 8.75. The summed E-state index contributed by atoms with van der Waals surface area (Å²) in [7, 11) is 1.72. The van der Waals surface area contributed by atoms with Crippen molar-refractivity contribution in [3.63, 3.8) is 0 Å². The van der Waals surface area contributed by atoms with Crippen molar-refractivity contribution >= 4 is 11.5 Å². The number of carbonyl (C=O) groups excluding carboxylic acids is 1. The van der Waals surface area contributed by atoms with Gasteiger partial charge >= 0.3 is 0 Å². The van der Waals surface area contributed by atoms with Gasteiger partial charge in [-0.25, -0.2) is 4.39 Å². The zero-order chi connectivity index (χ0) is 11.4. The molecule has 0 aromatic heterocycles. The first-order valence-electron chi connectivity index (χ1n) is 4.52. The van der Waals surface area contributed by atoms with Crippen LogP contribution in [0.1, 0.15) is 17.3 Å². The van der Waals surface area contributed by atoms with Gasteiger partial charge in [0.1, 0.15) is 5.82 Å². The van der Waals surface area contributed by atoms with Crippen molar-refractivity contribution in [3.05, 3.63) is 29.6 Å². The van der Waals surface area contributed by atoms with E-state index >= 15 is 0 Å². The molecule has 78 valence electrons. The highest BCUT2D eigenvalue weighted by Crippen LogP contribution is 2.22. The maximum Gasteiger partial charge on any atom is 0.164 e. The van der Waals surface area contributed by atoms with Crippen LogP contribution in [-0.4, -0.2) is 19.4 Å². The molecule has 0 heterocycles. The van der Waals surface area contributed by atoms with Gasteiger partial charge in [0.25, 0.3) is 0 Å². The fourth-order valence-electron chi connectivity index (χ4n) is 1.40. The van der Waals surface area contributed by atoms with Crippen LogP contribution in [-0.2, 0) is 0 Å². The standard InChI is InChI=1S/C12H12FNO/c1-4-8-14(3)11-7-5-6-10(13)12(11)9(2)15/h1,5-7H,8H2,2-3H3. The smallest absolute Gasteiger partial charge is 0.164 e. The molecule has 0 saturated carbocycles. The molecule has 1 rings (SSSR count). The molecule has 0 aliphatic heterocycles. The largest absolute Gasteiger partial charge is 0.363 e. The Labute approximate surface area is 88.7 Å². The number of halogens is 1. The Morgan fingerprint density at radius 3 is 2.80 bits per heavy atom. The number of carbonyl (C=O) groups is 1. The van der Waals surface area contributed by atoms with Gasteiger partial charge in [-0.05, 0) is 19.1 Å². The molecule has 0 atom stereocenters. The lowest BCUT2D eigenvalue weighted by atomic mass is 10.1. The third-order valence-electron chi connectivity index (χ3n) is 2.08. The maximum atomic E-state index is 13.4. The van der Waals surface area contributed by atoms with Crippen molar-refractivity contribution in [1.82, 2.24) is 0 Å². The molecule has 0 fully saturated rings. The Balaban J connectivity index is 3.23. The van der Waals surface area contributed by atoms with Gasteiger partial charge in [-0.1, -0.05) is 12.0 Å². The first kappa shape index (κ1) is 11.3. The quantitative estimate of drug-likeness (QED) is 0.556. The van der Waals surface area contributed by atoms with Crippen molar-refractivity contribution in [2.24, 2.45) is 0 Å². The molecule has 1 aromatic rings. The van der Waals surface area contributed by atoms with Crippen LogP contribution < -0.4 is 4.90 Å². The minimum Gasteiger partial charge on any atom is -0.363 e. The molecule has 15 heavy (non-hydrogen) atoms. The summed E-state index contributed by atoms with van der Waals surface area (Å²) < 4.78 is 13.4. The number of benzene rings is 1. The lowest BCUT2D eigenvalue weighted by Gasteiger charge is -2.19. The Kier molecular flexibility index (Phi) is 3.46. The van der Waals surface area contributed by atoms with Crippen LogP contribution in [0, 0.1) is 18.2 Å². The van der Waals surface area contributed by atoms with Crippen molar-refractivity contribution < 1.29 is 9.18 Å². The molecular formula is C12H12FNO. The summed E-state index contributed by atoms with van der Waals surface area (Å²) in [5.41, 5.74) is 0.621. The van der Waals surface area contributed by atoms with E-state index < -0.39 is 5.82 Å². The van der Waals surface area contributed by atoms with Crippen LogP contribution in [0.25, 0.3) is 0 Å². The van der Waals surface area contributed by atoms with Crippen molar-refractivity contribution in [1.29, 1.82) is 0 Å². The highest BCUT2D eigenvalue weighted by atomic mass is 19.1. The summed E-state index contributed by atoms with van der Waals surface area (Å²) in [5.74, 6) is 1.63. The lowest BCUT2D eigenvalue weighted by molar-refractivity contribution is 0.101. The Morgan fingerprint density at radius 1 is 1.60 bits per heavy atom. The molecule has 0 spiro atoms. The molecule has 0 saturated heterocycles. The SMILES string of the molecule is C#CCN(C)c1cccc(F)c1C(C)=O. The van der Waals surface area contributed by atoms with Crippen LogP contribution in [0.15, 0.2) is 18.2 Å². The summed E-state index contributed by atoms with van der Waals surface area (Å²) in [6.07, 6.45) is 5.16. The highest BCUT2D eigenvalue weighted by molar-refractivity contribution is 6.00. The number of anilines is 1. The molecule has 0 aliphatic rings. The van der Waals surface area contributed by atoms with E-state index in [1.165, 1.54) is 13.0 Å². The predicted molar refractivity (Wildman–Crippen MR) is 58.5 cm³/mol. The predicted octanol–water partition coefficient (Wildman–Crippen LogP) is 2.10. The third-order valence-corrected chi connectivity index (χ3v) is 2.08. The van der Waals surface area contributed by atoms with Crippen LogP contribution in [0.5, 0.6) is 0 Å². The van der Waals surface area contributed by atoms with E-state index in [1.54, 1.807) is 24.1 Å². The lowest BCUT2D eigenvalue weighted by Crippen LogP contribution is -2.20. The Hall–Kier alpha value is -1.82. The summed E-state index contributed by atoms with van der Waals surface area (Å²) in [5, 5.41) is 0. The topological polar surface area (TPSA) is 20.3 Å². The van der Waals surface area contributed by atoms with Gasteiger partial charge in [-0.3, -0.25) is 4.79 Å². The highest BCUT2D eigenvalue weighted by Gasteiger charge is 2.14. The van der Waals surface area contributed by atoms with E-state index in [1.807, 2.05) is 0 Å². The molecule has 0 amide bonds. The van der Waals surface area contributed by atoms with Crippen LogP contribution in [0.2, 0.25) is 0 Å². The number of terminal acetylenes is 1. The van der Waals surface area contributed by atoms with E-state index in [0.717, 1.165) is 0 Å². The van der Waals surface area contributed by atoms with Gasteiger partial charge in [0.2, 0.25) is 0 Å². The van der Waals surface area contributed by atoms with Crippen LogP contribution in [0.3, 0.4) is 0 Å². The molecule has 0 aliphatic carbocycles. The van der Waals surface area contributed by atoms with Gasteiger partial charge in [0.15, 0.2) is 5.78 Å². The molecule has 1 aromatic carbocycles. The number of hydrogen-bond acceptors (Lipinski definition) is 2. The zero-order valence-electron chi connectivity index (χ0n) is 8.75. The summed E-state index contributed by atoms with van der Waals surface area (Å²) >= 11 is 0. The molecular weight excluding hydrogens is 193 g/mol. The molecule has 0 radical (unpaired) electrons. The van der Waals surface area contributed by atoms with Gasteiger partial charge in [0.05, 0.1) is 17.8 Å². The van der Waals surface area contributed by atoms with Gasteiger partial charge in [-0.15, -0.1) is 6.42 Å². The van der Waals surface area contributed by atoms with Crippen molar-refractivity contribution in [3.8, 4) is 12.3 Å². The fourth-order valence-corrected chi connectivity index (χ4v) is 1.40. The van der Waals surface area contributed by atoms with Gasteiger partial charge in [0, 0.05) is 7.05 Å². The third kappa shape index (κ3) is 2.35. The van der Waals surface area contributed by atoms with E-state index in [4.69, 9.17) is 6.42 Å². The second-order valence-corrected chi connectivity index (χ2v) is 3.25. The number of nitrogens with zero attached hydrogens (tertiary/aromatic N) is 1. The molecule has 0 bridgehead atoms. The van der Waals surface area contributed by atoms with Gasteiger partial charge < -0.3 is 4.90 Å². The number of rotatable bonds is 3. The summed E-state index contributed by atoms with van der Waals surface area (Å²) in [6, 6.07) is 4.51.